The number of amides is 2. The fraction of sp³-hybridized carbons (Fsp3) is 0.533. The predicted octanol–water partition coefficient (Wildman–Crippen LogP) is 2.73. The van der Waals surface area contributed by atoms with Crippen molar-refractivity contribution in [2.24, 2.45) is 11.8 Å². The zero-order chi connectivity index (χ0) is 15.4. The maximum Gasteiger partial charge on any atom is 0.337 e. The van der Waals surface area contributed by atoms with Gasteiger partial charge < -0.3 is 15.7 Å². The number of urea groups is 1. The first kappa shape index (κ1) is 15.3. The minimum Gasteiger partial charge on any atom is -0.478 e. The molecule has 114 valence electrons. The first-order valence-corrected chi connectivity index (χ1v) is 7.27. The Bertz CT molecular complexity index is 533. The maximum atomic E-state index is 12.0. The number of hydrogen-bond donors (Lipinski definition) is 3. The Morgan fingerprint density at radius 1 is 1.38 bits per heavy atom. The average Bonchev–Trinajstić information content (AvgIpc) is 2.79. The van der Waals surface area contributed by atoms with Gasteiger partial charge in [-0.1, -0.05) is 20.3 Å². The van der Waals surface area contributed by atoms with Crippen molar-refractivity contribution < 1.29 is 14.7 Å². The van der Waals surface area contributed by atoms with E-state index in [0.717, 1.165) is 19.3 Å². The van der Waals surface area contributed by atoms with E-state index in [9.17, 15) is 9.59 Å². The highest BCUT2D eigenvalue weighted by molar-refractivity contribution is 5.92. The number of anilines is 1. The van der Waals surface area contributed by atoms with Gasteiger partial charge in [-0.25, -0.2) is 9.59 Å². The number of aromatic nitrogens is 1. The van der Waals surface area contributed by atoms with Crippen LogP contribution in [0.5, 0.6) is 0 Å². The zero-order valence-corrected chi connectivity index (χ0v) is 12.3. The van der Waals surface area contributed by atoms with Crippen molar-refractivity contribution in [2.75, 3.05) is 5.32 Å². The first-order chi connectivity index (χ1) is 10.0. The number of nitrogens with zero attached hydrogens (tertiary/aromatic N) is 1. The van der Waals surface area contributed by atoms with Gasteiger partial charge in [0.2, 0.25) is 0 Å². The monoisotopic (exact) mass is 291 g/mol. The number of nitrogens with one attached hydrogen (secondary N) is 2. The van der Waals surface area contributed by atoms with Gasteiger partial charge in [-0.3, -0.25) is 4.98 Å². The van der Waals surface area contributed by atoms with Crippen molar-refractivity contribution in [1.82, 2.24) is 10.3 Å². The van der Waals surface area contributed by atoms with Crippen LogP contribution in [0, 0.1) is 11.8 Å². The molecular formula is C15H21N3O3. The summed E-state index contributed by atoms with van der Waals surface area (Å²) in [7, 11) is 0. The Balaban J connectivity index is 1.93. The van der Waals surface area contributed by atoms with Crippen molar-refractivity contribution in [2.45, 2.75) is 39.2 Å². The van der Waals surface area contributed by atoms with Gasteiger partial charge in [-0.15, -0.1) is 0 Å². The molecule has 1 aromatic heterocycles. The van der Waals surface area contributed by atoms with Gasteiger partial charge in [0, 0.05) is 12.2 Å². The summed E-state index contributed by atoms with van der Waals surface area (Å²) in [5.74, 6) is 0.0540. The Labute approximate surface area is 124 Å². The lowest BCUT2D eigenvalue weighted by molar-refractivity contribution is 0.0696. The van der Waals surface area contributed by atoms with E-state index in [-0.39, 0.29) is 17.6 Å². The van der Waals surface area contributed by atoms with Gasteiger partial charge in [0.25, 0.3) is 0 Å². The molecular weight excluding hydrogens is 270 g/mol. The van der Waals surface area contributed by atoms with E-state index in [1.165, 1.54) is 18.5 Å². The fourth-order valence-electron chi connectivity index (χ4n) is 2.99. The number of aromatic carboxylic acids is 1. The third kappa shape index (κ3) is 3.71. The van der Waals surface area contributed by atoms with Crippen molar-refractivity contribution in [1.29, 1.82) is 0 Å². The SMILES string of the molecule is CCC1CCC(NC(=O)Nc2cncc(C(=O)O)c2)C1C. The molecule has 0 spiro atoms. The summed E-state index contributed by atoms with van der Waals surface area (Å²) in [6.07, 6.45) is 5.93. The quantitative estimate of drug-likeness (QED) is 0.795. The summed E-state index contributed by atoms with van der Waals surface area (Å²) in [4.78, 5) is 26.7. The van der Waals surface area contributed by atoms with Crippen molar-refractivity contribution >= 4 is 17.7 Å². The lowest BCUT2D eigenvalue weighted by Gasteiger charge is -2.21. The van der Waals surface area contributed by atoms with Crippen LogP contribution in [0.25, 0.3) is 0 Å². The van der Waals surface area contributed by atoms with E-state index in [1.54, 1.807) is 0 Å². The van der Waals surface area contributed by atoms with Crippen LogP contribution in [0.4, 0.5) is 10.5 Å². The van der Waals surface area contributed by atoms with Crippen molar-refractivity contribution in [3.05, 3.63) is 24.0 Å². The van der Waals surface area contributed by atoms with Gasteiger partial charge >= 0.3 is 12.0 Å². The Hall–Kier alpha value is -2.11. The number of pyridine rings is 1. The summed E-state index contributed by atoms with van der Waals surface area (Å²) in [5, 5.41) is 14.5. The molecule has 2 amide bonds. The van der Waals surface area contributed by atoms with Crippen LogP contribution < -0.4 is 10.6 Å². The molecule has 3 unspecified atom stereocenters. The molecule has 0 bridgehead atoms. The van der Waals surface area contributed by atoms with Gasteiger partial charge in [0.05, 0.1) is 17.4 Å². The van der Waals surface area contributed by atoms with E-state index in [2.05, 4.69) is 29.5 Å². The zero-order valence-electron chi connectivity index (χ0n) is 12.3. The smallest absolute Gasteiger partial charge is 0.337 e. The second-order valence-corrected chi connectivity index (χ2v) is 5.58. The molecule has 21 heavy (non-hydrogen) atoms. The lowest BCUT2D eigenvalue weighted by atomic mass is 9.94. The molecule has 6 nitrogen and oxygen atoms in total. The first-order valence-electron chi connectivity index (χ1n) is 7.27. The molecule has 1 aromatic rings. The molecule has 3 atom stereocenters. The summed E-state index contributed by atoms with van der Waals surface area (Å²) in [6.45, 7) is 4.34. The van der Waals surface area contributed by atoms with Crippen LogP contribution in [-0.4, -0.2) is 28.1 Å². The second kappa shape index (κ2) is 6.56. The third-order valence-corrected chi connectivity index (χ3v) is 4.31. The van der Waals surface area contributed by atoms with Gasteiger partial charge in [-0.05, 0) is 30.7 Å². The number of hydrogen-bond acceptors (Lipinski definition) is 3. The van der Waals surface area contributed by atoms with Gasteiger partial charge in [0.15, 0.2) is 0 Å². The number of carboxylic acids is 1. The molecule has 1 heterocycles. The molecule has 1 fully saturated rings. The summed E-state index contributed by atoms with van der Waals surface area (Å²) in [5.41, 5.74) is 0.429. The molecule has 6 heteroatoms. The molecule has 1 saturated carbocycles. The van der Waals surface area contributed by atoms with Crippen LogP contribution in [-0.2, 0) is 0 Å². The highest BCUT2D eigenvalue weighted by Gasteiger charge is 2.32. The Kier molecular flexibility index (Phi) is 4.77. The summed E-state index contributed by atoms with van der Waals surface area (Å²) < 4.78 is 0. The predicted molar refractivity (Wildman–Crippen MR) is 79.3 cm³/mol. The Morgan fingerprint density at radius 2 is 2.14 bits per heavy atom. The minimum absolute atomic E-state index is 0.0491. The summed E-state index contributed by atoms with van der Waals surface area (Å²) in [6, 6.07) is 1.25. The third-order valence-electron chi connectivity index (χ3n) is 4.31. The molecule has 1 aliphatic carbocycles. The van der Waals surface area contributed by atoms with Crippen LogP contribution in [0.3, 0.4) is 0 Å². The molecule has 2 rings (SSSR count). The number of rotatable bonds is 4. The topological polar surface area (TPSA) is 91.3 Å². The molecule has 0 aromatic carbocycles. The van der Waals surface area contributed by atoms with E-state index in [0.29, 0.717) is 17.5 Å². The van der Waals surface area contributed by atoms with Gasteiger partial charge in [0.1, 0.15) is 0 Å². The van der Waals surface area contributed by atoms with E-state index in [1.807, 2.05) is 0 Å². The normalized spacial score (nSPS) is 24.6. The second-order valence-electron chi connectivity index (χ2n) is 5.58. The lowest BCUT2D eigenvalue weighted by Crippen LogP contribution is -2.40. The van der Waals surface area contributed by atoms with Crippen molar-refractivity contribution in [3.63, 3.8) is 0 Å². The van der Waals surface area contributed by atoms with Gasteiger partial charge in [-0.2, -0.15) is 0 Å². The minimum atomic E-state index is -1.07. The molecule has 0 radical (unpaired) electrons. The standard InChI is InChI=1S/C15H21N3O3/c1-3-10-4-5-13(9(10)2)18-15(21)17-12-6-11(14(19)20)7-16-8-12/h6-10,13H,3-5H2,1-2H3,(H,19,20)(H2,17,18,21). The van der Waals surface area contributed by atoms with Crippen LogP contribution in [0.1, 0.15) is 43.5 Å². The number of carbonyl (C=O) groups is 2. The van der Waals surface area contributed by atoms with E-state index < -0.39 is 5.97 Å². The van der Waals surface area contributed by atoms with Crippen molar-refractivity contribution in [3.8, 4) is 0 Å². The number of carbonyl (C=O) groups excluding carboxylic acids is 1. The highest BCUT2D eigenvalue weighted by atomic mass is 16.4. The largest absolute Gasteiger partial charge is 0.478 e. The molecule has 0 aliphatic heterocycles. The van der Waals surface area contributed by atoms with Crippen LogP contribution in [0.2, 0.25) is 0 Å². The molecule has 3 N–H and O–H groups in total. The van der Waals surface area contributed by atoms with E-state index >= 15 is 0 Å². The van der Waals surface area contributed by atoms with E-state index in [4.69, 9.17) is 5.11 Å². The Morgan fingerprint density at radius 3 is 2.76 bits per heavy atom. The molecule has 0 saturated heterocycles. The molecule has 1 aliphatic rings. The van der Waals surface area contributed by atoms with Crippen LogP contribution >= 0.6 is 0 Å². The highest BCUT2D eigenvalue weighted by Crippen LogP contribution is 2.33. The average molecular weight is 291 g/mol. The summed E-state index contributed by atoms with van der Waals surface area (Å²) >= 11 is 0. The number of carboxylic acid groups (broad SMARTS) is 1. The fourth-order valence-corrected chi connectivity index (χ4v) is 2.99. The van der Waals surface area contributed by atoms with Crippen LogP contribution in [0.15, 0.2) is 18.5 Å². The maximum absolute atomic E-state index is 12.0.